The van der Waals surface area contributed by atoms with Crippen molar-refractivity contribution in [2.75, 3.05) is 5.43 Å². The van der Waals surface area contributed by atoms with Gasteiger partial charge in [-0.15, -0.1) is 0 Å². The first-order valence-electron chi connectivity index (χ1n) is 13.8. The van der Waals surface area contributed by atoms with Crippen LogP contribution in [0.5, 0.6) is 0 Å². The number of rotatable bonds is 5. The van der Waals surface area contributed by atoms with E-state index < -0.39 is 71.1 Å². The number of hydrogen-bond acceptors (Lipinski definition) is 8. The molecule has 2 aliphatic carbocycles. The lowest BCUT2D eigenvalue weighted by Gasteiger charge is -2.49. The number of amides is 4. The highest BCUT2D eigenvalue weighted by Crippen LogP contribution is 2.64. The molecule has 3 aromatic rings. The fourth-order valence-electron chi connectivity index (χ4n) is 7.58. The molecule has 4 amide bonds. The zero-order chi connectivity index (χ0) is 30.2. The maximum absolute atomic E-state index is 14.8. The Morgan fingerprint density at radius 3 is 2.35 bits per heavy atom. The Labute approximate surface area is 249 Å². The quantitative estimate of drug-likeness (QED) is 0.226. The van der Waals surface area contributed by atoms with Crippen molar-refractivity contribution in [3.8, 4) is 0 Å². The van der Waals surface area contributed by atoms with Gasteiger partial charge in [-0.3, -0.25) is 29.8 Å². The number of nitrogens with one attached hydrogen (secondary N) is 1. The molecule has 220 valence electrons. The fourth-order valence-corrected chi connectivity index (χ4v) is 7.71. The lowest BCUT2D eigenvalue weighted by molar-refractivity contribution is -0.173. The Bertz CT molecular complexity index is 1700. The monoisotopic (exact) mass is 605 g/mol. The van der Waals surface area contributed by atoms with Gasteiger partial charge in [0.1, 0.15) is 29.4 Å². The number of nitrogens with zero attached hydrogens (tertiary/aromatic N) is 2. The number of hydrogen-bond donors (Lipinski definition) is 3. The number of hydrazine groups is 1. The van der Waals surface area contributed by atoms with Crippen LogP contribution in [0.15, 0.2) is 76.7 Å². The van der Waals surface area contributed by atoms with E-state index in [0.29, 0.717) is 27.6 Å². The van der Waals surface area contributed by atoms with E-state index in [4.69, 9.17) is 16.0 Å². The number of furan rings is 1. The highest BCUT2D eigenvalue weighted by Gasteiger charge is 2.71. The average molecular weight is 606 g/mol. The van der Waals surface area contributed by atoms with Crippen LogP contribution < -0.4 is 5.43 Å². The fraction of sp³-hybridized carbons (Fsp3) is 0.290. The second kappa shape index (κ2) is 9.87. The first kappa shape index (κ1) is 27.5. The first-order chi connectivity index (χ1) is 20.7. The van der Waals surface area contributed by atoms with Crippen molar-refractivity contribution in [3.05, 3.63) is 100 Å². The van der Waals surface area contributed by atoms with Crippen LogP contribution in [-0.4, -0.2) is 44.0 Å². The summed E-state index contributed by atoms with van der Waals surface area (Å²) in [5.74, 6) is -6.98. The topological polar surface area (TPSA) is 140 Å². The lowest BCUT2D eigenvalue weighted by atomic mass is 9.50. The number of imide groups is 2. The number of hydroxylamine groups is 2. The van der Waals surface area contributed by atoms with Crippen LogP contribution in [0.1, 0.15) is 35.8 Å². The number of carbonyl (C=O) groups is 4. The van der Waals surface area contributed by atoms with E-state index in [9.17, 15) is 33.9 Å². The second-order valence-electron chi connectivity index (χ2n) is 11.3. The highest BCUT2D eigenvalue weighted by molar-refractivity contribution is 6.30. The van der Waals surface area contributed by atoms with Crippen molar-refractivity contribution < 1.29 is 38.3 Å². The Balaban J connectivity index is 1.46. The molecule has 6 atom stereocenters. The largest absolute Gasteiger partial charge is 0.463 e. The second-order valence-corrected chi connectivity index (χ2v) is 11.8. The lowest BCUT2D eigenvalue weighted by Crippen LogP contribution is -2.53. The molecule has 7 rings (SSSR count). The Kier molecular flexibility index (Phi) is 6.31. The number of benzene rings is 2. The van der Waals surface area contributed by atoms with Gasteiger partial charge in [0.05, 0.1) is 29.4 Å². The standard InChI is InChI=1S/C31H25ClFN3O7/c32-16-3-1-15(2-4-16)31-23(28(39)35(30(31)41)34-18-7-5-17(33)6-8-18)13-22-20(26(31)24-12-9-19(14-37)43-24)10-11-21-25(22)29(40)36(42)27(21)38/h1-10,12,21-23,25-26,34,37,42H,11,13-14H2. The van der Waals surface area contributed by atoms with E-state index in [2.05, 4.69) is 5.43 Å². The third-order valence-electron chi connectivity index (χ3n) is 9.36. The number of carbonyl (C=O) groups excluding carboxylic acids is 4. The zero-order valence-corrected chi connectivity index (χ0v) is 23.2. The Hall–Kier alpha value is -4.32. The zero-order valence-electron chi connectivity index (χ0n) is 22.4. The molecule has 10 nitrogen and oxygen atoms in total. The Morgan fingerprint density at radius 1 is 0.953 bits per heavy atom. The normalized spacial score (nSPS) is 29.9. The molecule has 1 saturated carbocycles. The SMILES string of the molecule is O=C1C2CC=C3C(CC4C(=O)N(Nc5ccc(F)cc5)C(=O)C4(c4ccc(Cl)cc4)C3c3ccc(CO)o3)C2C(=O)N1O. The highest BCUT2D eigenvalue weighted by atomic mass is 35.5. The van der Waals surface area contributed by atoms with Crippen molar-refractivity contribution in [2.24, 2.45) is 23.7 Å². The van der Waals surface area contributed by atoms with Gasteiger partial charge < -0.3 is 9.52 Å². The van der Waals surface area contributed by atoms with Gasteiger partial charge in [-0.05, 0) is 72.9 Å². The number of aliphatic hydroxyl groups excluding tert-OH is 1. The molecule has 2 aliphatic heterocycles. The molecule has 2 aromatic carbocycles. The van der Waals surface area contributed by atoms with Crippen LogP contribution in [-0.2, 0) is 31.2 Å². The van der Waals surface area contributed by atoms with Gasteiger partial charge in [0.25, 0.3) is 23.6 Å². The van der Waals surface area contributed by atoms with Crippen LogP contribution in [0, 0.1) is 29.5 Å². The average Bonchev–Trinajstić information content (AvgIpc) is 3.64. The van der Waals surface area contributed by atoms with Gasteiger partial charge in [0, 0.05) is 5.02 Å². The van der Waals surface area contributed by atoms with Gasteiger partial charge in [0.15, 0.2) is 0 Å². The minimum atomic E-state index is -1.58. The molecule has 1 aromatic heterocycles. The number of halogens is 2. The number of aliphatic hydroxyl groups is 1. The summed E-state index contributed by atoms with van der Waals surface area (Å²) in [4.78, 5) is 55.1. The van der Waals surface area contributed by atoms with Gasteiger partial charge in [0.2, 0.25) is 0 Å². The van der Waals surface area contributed by atoms with Crippen molar-refractivity contribution in [2.45, 2.75) is 30.8 Å². The Morgan fingerprint density at radius 2 is 1.67 bits per heavy atom. The van der Waals surface area contributed by atoms with Gasteiger partial charge >= 0.3 is 0 Å². The number of allylic oxidation sites excluding steroid dienone is 2. The van der Waals surface area contributed by atoms with E-state index in [0.717, 1.165) is 5.01 Å². The summed E-state index contributed by atoms with van der Waals surface area (Å²) >= 11 is 6.23. The summed E-state index contributed by atoms with van der Waals surface area (Å²) in [6.07, 6.45) is 1.98. The molecule has 6 unspecified atom stereocenters. The minimum absolute atomic E-state index is 0.0265. The van der Waals surface area contributed by atoms with E-state index in [1.165, 1.54) is 24.3 Å². The molecule has 0 bridgehead atoms. The maximum atomic E-state index is 14.8. The number of fused-ring (bicyclic) bond motifs is 4. The van der Waals surface area contributed by atoms with Crippen molar-refractivity contribution in [1.29, 1.82) is 0 Å². The van der Waals surface area contributed by atoms with E-state index >= 15 is 0 Å². The van der Waals surface area contributed by atoms with E-state index in [-0.39, 0.29) is 23.7 Å². The van der Waals surface area contributed by atoms with Gasteiger partial charge in [-0.25, -0.2) is 4.39 Å². The molecule has 3 N–H and O–H groups in total. The summed E-state index contributed by atoms with van der Waals surface area (Å²) in [5, 5.41) is 21.6. The maximum Gasteiger partial charge on any atom is 0.260 e. The minimum Gasteiger partial charge on any atom is -0.463 e. The summed E-state index contributed by atoms with van der Waals surface area (Å²) in [7, 11) is 0. The third kappa shape index (κ3) is 3.85. The third-order valence-corrected chi connectivity index (χ3v) is 9.61. The molecular weight excluding hydrogens is 581 g/mol. The molecule has 3 fully saturated rings. The molecule has 12 heteroatoms. The van der Waals surface area contributed by atoms with Crippen LogP contribution in [0.2, 0.25) is 5.02 Å². The summed E-state index contributed by atoms with van der Waals surface area (Å²) in [6, 6.07) is 15.0. The molecule has 3 heterocycles. The predicted octanol–water partition coefficient (Wildman–Crippen LogP) is 3.94. The van der Waals surface area contributed by atoms with Gasteiger partial charge in [-0.2, -0.15) is 10.1 Å². The van der Waals surface area contributed by atoms with Crippen molar-refractivity contribution >= 4 is 40.9 Å². The summed E-state index contributed by atoms with van der Waals surface area (Å²) in [6.45, 7) is -0.408. The van der Waals surface area contributed by atoms with Gasteiger partial charge in [-0.1, -0.05) is 35.4 Å². The molecule has 0 spiro atoms. The molecule has 2 saturated heterocycles. The molecule has 4 aliphatic rings. The van der Waals surface area contributed by atoms with Crippen molar-refractivity contribution in [1.82, 2.24) is 10.1 Å². The van der Waals surface area contributed by atoms with E-state index in [1.807, 2.05) is 6.08 Å². The summed E-state index contributed by atoms with van der Waals surface area (Å²) in [5.41, 5.74) is 2.68. The molecular formula is C31H25ClFN3O7. The van der Waals surface area contributed by atoms with Crippen LogP contribution in [0.25, 0.3) is 0 Å². The first-order valence-corrected chi connectivity index (χ1v) is 14.2. The van der Waals surface area contributed by atoms with E-state index in [1.54, 1.807) is 36.4 Å². The summed E-state index contributed by atoms with van der Waals surface area (Å²) < 4.78 is 19.7. The van der Waals surface area contributed by atoms with Crippen molar-refractivity contribution in [3.63, 3.8) is 0 Å². The molecule has 43 heavy (non-hydrogen) atoms. The van der Waals surface area contributed by atoms with Crippen LogP contribution in [0.3, 0.4) is 0 Å². The van der Waals surface area contributed by atoms with Crippen LogP contribution >= 0.6 is 11.6 Å². The smallest absolute Gasteiger partial charge is 0.260 e. The predicted molar refractivity (Wildman–Crippen MR) is 147 cm³/mol. The molecule has 0 radical (unpaired) electrons. The number of anilines is 1. The van der Waals surface area contributed by atoms with Crippen LogP contribution in [0.4, 0.5) is 10.1 Å².